The van der Waals surface area contributed by atoms with Crippen molar-refractivity contribution in [3.63, 3.8) is 0 Å². The van der Waals surface area contributed by atoms with Crippen molar-refractivity contribution in [3.8, 4) is 0 Å². The summed E-state index contributed by atoms with van der Waals surface area (Å²) >= 11 is 0. The van der Waals surface area contributed by atoms with Gasteiger partial charge in [-0.3, -0.25) is 0 Å². The Balaban J connectivity index is 0.000000459. The molecule has 1 aromatic rings. The van der Waals surface area contributed by atoms with Gasteiger partial charge in [-0.2, -0.15) is 0 Å². The van der Waals surface area contributed by atoms with Crippen LogP contribution in [0.1, 0.15) is 5.56 Å². The lowest BCUT2D eigenvalue weighted by Gasteiger charge is -2.02. The molecule has 0 aliphatic rings. The highest BCUT2D eigenvalue weighted by Gasteiger charge is 1.99. The summed E-state index contributed by atoms with van der Waals surface area (Å²) in [6, 6.07) is 9.67. The molecule has 0 amide bonds. The fraction of sp³-hybridized carbons (Fsp3) is 0.385. The van der Waals surface area contributed by atoms with Gasteiger partial charge < -0.3 is 19.3 Å². The predicted octanol–water partition coefficient (Wildman–Crippen LogP) is 0.528. The molecule has 19 heavy (non-hydrogen) atoms. The summed E-state index contributed by atoms with van der Waals surface area (Å²) in [5.74, 6) is -0.953. The van der Waals surface area contributed by atoms with Crippen molar-refractivity contribution in [1.29, 1.82) is 0 Å². The highest BCUT2D eigenvalue weighted by molar-refractivity contribution is 5.70. The van der Waals surface area contributed by atoms with Gasteiger partial charge in [0, 0.05) is 0 Å². The van der Waals surface area contributed by atoms with Crippen LogP contribution in [0.15, 0.2) is 30.3 Å². The van der Waals surface area contributed by atoms with Crippen molar-refractivity contribution in [2.24, 2.45) is 0 Å². The van der Waals surface area contributed by atoms with Crippen LogP contribution in [0.4, 0.5) is 0 Å². The lowest BCUT2D eigenvalue weighted by atomic mass is 10.2. The minimum atomic E-state index is -0.602. The summed E-state index contributed by atoms with van der Waals surface area (Å²) in [5.41, 5.74) is 1.05. The molecule has 1 rings (SSSR count). The number of rotatable bonds is 5. The summed E-state index contributed by atoms with van der Waals surface area (Å²) in [5, 5.41) is 7.86. The van der Waals surface area contributed by atoms with Crippen molar-refractivity contribution >= 4 is 11.9 Å². The fourth-order valence-electron chi connectivity index (χ4n) is 0.950. The maximum Gasteiger partial charge on any atom is 0.331 e. The third-order valence-electron chi connectivity index (χ3n) is 1.92. The smallest absolute Gasteiger partial charge is 0.331 e. The Hall–Kier alpha value is -1.92. The summed E-state index contributed by atoms with van der Waals surface area (Å²) in [4.78, 5) is 20.4. The van der Waals surface area contributed by atoms with Gasteiger partial charge >= 0.3 is 11.9 Å². The van der Waals surface area contributed by atoms with Crippen LogP contribution in [0.25, 0.3) is 0 Å². The Bertz CT molecular complexity index is 357. The number of carbonyl (C=O) groups is 2. The Labute approximate surface area is 111 Å². The van der Waals surface area contributed by atoms with Gasteiger partial charge in [-0.15, -0.1) is 0 Å². The minimum absolute atomic E-state index is 0.00535. The average Bonchev–Trinajstić information content (AvgIpc) is 2.48. The van der Waals surface area contributed by atoms with Crippen LogP contribution in [-0.4, -0.2) is 44.5 Å². The van der Waals surface area contributed by atoms with Crippen LogP contribution in [0.5, 0.6) is 0 Å². The van der Waals surface area contributed by atoms with Crippen molar-refractivity contribution in [2.45, 2.75) is 6.61 Å². The molecular formula is C13H18O6. The zero-order valence-electron chi connectivity index (χ0n) is 11.0. The molecule has 0 aliphatic carbocycles. The number of esters is 2. The van der Waals surface area contributed by atoms with Crippen LogP contribution in [-0.2, 0) is 30.4 Å². The molecule has 0 aromatic heterocycles. The topological polar surface area (TPSA) is 82.1 Å². The lowest BCUT2D eigenvalue weighted by Crippen LogP contribution is -2.09. The van der Waals surface area contributed by atoms with Gasteiger partial charge in [-0.05, 0) is 5.56 Å². The molecular weight excluding hydrogens is 252 g/mol. The second kappa shape index (κ2) is 11.2. The lowest BCUT2D eigenvalue weighted by molar-refractivity contribution is -0.146. The molecule has 1 N–H and O–H groups in total. The normalized spacial score (nSPS) is 9.00. The van der Waals surface area contributed by atoms with Crippen LogP contribution in [0, 0.1) is 0 Å². The number of ether oxygens (including phenoxy) is 3. The zero-order valence-corrected chi connectivity index (χ0v) is 11.0. The Morgan fingerprint density at radius 2 is 1.63 bits per heavy atom. The number of carbonyl (C=O) groups excluding carboxylic acids is 2. The summed E-state index contributed by atoms with van der Waals surface area (Å²) in [7, 11) is 2.56. The molecule has 0 spiro atoms. The number of benzene rings is 1. The van der Waals surface area contributed by atoms with E-state index in [9.17, 15) is 9.59 Å². The van der Waals surface area contributed by atoms with Crippen LogP contribution < -0.4 is 0 Å². The molecule has 0 aliphatic heterocycles. The third kappa shape index (κ3) is 9.75. The molecule has 1 aromatic carbocycles. The van der Waals surface area contributed by atoms with Crippen molar-refractivity contribution in [3.05, 3.63) is 35.9 Å². The second-order valence-corrected chi connectivity index (χ2v) is 3.29. The summed E-state index contributed by atoms with van der Waals surface area (Å²) < 4.78 is 13.5. The van der Waals surface area contributed by atoms with E-state index < -0.39 is 12.6 Å². The largest absolute Gasteiger partial charge is 0.467 e. The Kier molecular flexibility index (Phi) is 10.1. The first-order valence-corrected chi connectivity index (χ1v) is 5.50. The van der Waals surface area contributed by atoms with E-state index in [1.165, 1.54) is 14.2 Å². The molecule has 0 saturated carbocycles. The van der Waals surface area contributed by atoms with E-state index in [0.29, 0.717) is 6.61 Å². The van der Waals surface area contributed by atoms with Gasteiger partial charge in [0.05, 0.1) is 20.8 Å². The Morgan fingerprint density at radius 3 is 2.05 bits per heavy atom. The molecule has 0 atom stereocenters. The zero-order chi connectivity index (χ0) is 14.5. The molecule has 6 heteroatoms. The van der Waals surface area contributed by atoms with Gasteiger partial charge in [0.2, 0.25) is 0 Å². The number of methoxy groups -OCH3 is 2. The van der Waals surface area contributed by atoms with Crippen molar-refractivity contribution in [1.82, 2.24) is 0 Å². The first-order chi connectivity index (χ1) is 9.13. The number of hydrogen-bond acceptors (Lipinski definition) is 6. The molecule has 0 saturated heterocycles. The van der Waals surface area contributed by atoms with E-state index in [1.807, 2.05) is 30.3 Å². The maximum atomic E-state index is 10.7. The van der Waals surface area contributed by atoms with Crippen molar-refractivity contribution in [2.75, 3.05) is 27.4 Å². The number of hydrogen-bond donors (Lipinski definition) is 1. The van der Waals surface area contributed by atoms with Crippen molar-refractivity contribution < 1.29 is 28.9 Å². The van der Waals surface area contributed by atoms with Gasteiger partial charge in [-0.1, -0.05) is 30.3 Å². The Morgan fingerprint density at radius 1 is 1.05 bits per heavy atom. The van der Waals surface area contributed by atoms with E-state index in [2.05, 4.69) is 9.47 Å². The van der Waals surface area contributed by atoms with Crippen LogP contribution in [0.2, 0.25) is 0 Å². The van der Waals surface area contributed by atoms with Gasteiger partial charge in [0.25, 0.3) is 0 Å². The minimum Gasteiger partial charge on any atom is -0.467 e. The summed E-state index contributed by atoms with van der Waals surface area (Å²) in [6.07, 6.45) is 0. The maximum absolute atomic E-state index is 10.7. The summed E-state index contributed by atoms with van der Waals surface area (Å²) in [6.45, 7) is -0.0855. The predicted molar refractivity (Wildman–Crippen MR) is 67.2 cm³/mol. The third-order valence-corrected chi connectivity index (χ3v) is 1.92. The first-order valence-electron chi connectivity index (χ1n) is 5.50. The highest BCUT2D eigenvalue weighted by atomic mass is 16.6. The van der Waals surface area contributed by atoms with E-state index >= 15 is 0 Å². The standard InChI is InChI=1S/C10H12O3.C3H6O3/c1-12-10(11)8-13-7-9-5-3-2-4-6-9;1-6-3(5)2-4/h2-6H,7-8H2,1H3;4H,2H2,1H3. The molecule has 0 fully saturated rings. The highest BCUT2D eigenvalue weighted by Crippen LogP contribution is 1.99. The van der Waals surface area contributed by atoms with E-state index in [-0.39, 0.29) is 12.6 Å². The van der Waals surface area contributed by atoms with E-state index in [4.69, 9.17) is 9.84 Å². The average molecular weight is 270 g/mol. The SMILES string of the molecule is COC(=O)CO.COC(=O)COCc1ccccc1. The molecule has 106 valence electrons. The molecule has 0 unspecified atom stereocenters. The molecule has 0 bridgehead atoms. The van der Waals surface area contributed by atoms with E-state index in [0.717, 1.165) is 5.56 Å². The second-order valence-electron chi connectivity index (χ2n) is 3.29. The fourth-order valence-corrected chi connectivity index (χ4v) is 0.950. The molecule has 6 nitrogen and oxygen atoms in total. The van der Waals surface area contributed by atoms with Gasteiger partial charge in [0.15, 0.2) is 0 Å². The number of aliphatic hydroxyl groups is 1. The molecule has 0 heterocycles. The van der Waals surface area contributed by atoms with Gasteiger partial charge in [-0.25, -0.2) is 9.59 Å². The van der Waals surface area contributed by atoms with Gasteiger partial charge in [0.1, 0.15) is 13.2 Å². The number of aliphatic hydroxyl groups excluding tert-OH is 1. The first kappa shape index (κ1) is 17.1. The monoisotopic (exact) mass is 270 g/mol. The quantitative estimate of drug-likeness (QED) is 0.786. The molecule has 0 radical (unpaired) electrons. The van der Waals surface area contributed by atoms with E-state index in [1.54, 1.807) is 0 Å². The van der Waals surface area contributed by atoms with Crippen LogP contribution >= 0.6 is 0 Å². The van der Waals surface area contributed by atoms with Crippen LogP contribution in [0.3, 0.4) is 0 Å².